The van der Waals surface area contributed by atoms with Crippen molar-refractivity contribution in [1.82, 2.24) is 15.3 Å². The molecule has 3 aromatic rings. The second-order valence-electron chi connectivity index (χ2n) is 7.10. The third-order valence-electron chi connectivity index (χ3n) is 4.33. The maximum absolute atomic E-state index is 12.3. The SMILES string of the molecule is CC(C)CCNC(=O)c1cccc(-c2ccc(NC(=O)c3ccccc3)nc2)n1. The Labute approximate surface area is 170 Å². The summed E-state index contributed by atoms with van der Waals surface area (Å²) in [6.45, 7) is 4.85. The first kappa shape index (κ1) is 20.2. The summed E-state index contributed by atoms with van der Waals surface area (Å²) in [7, 11) is 0. The Morgan fingerprint density at radius 1 is 0.931 bits per heavy atom. The molecule has 0 aliphatic heterocycles. The number of nitrogens with one attached hydrogen (secondary N) is 2. The van der Waals surface area contributed by atoms with E-state index in [9.17, 15) is 9.59 Å². The van der Waals surface area contributed by atoms with Gasteiger partial charge in [0.25, 0.3) is 11.8 Å². The van der Waals surface area contributed by atoms with E-state index in [1.807, 2.05) is 30.3 Å². The van der Waals surface area contributed by atoms with Gasteiger partial charge in [0.05, 0.1) is 5.69 Å². The van der Waals surface area contributed by atoms with Crippen molar-refractivity contribution in [3.8, 4) is 11.3 Å². The molecule has 0 spiro atoms. The molecule has 6 heteroatoms. The van der Waals surface area contributed by atoms with Gasteiger partial charge < -0.3 is 10.6 Å². The average molecular weight is 388 g/mol. The van der Waals surface area contributed by atoms with Gasteiger partial charge in [0, 0.05) is 23.9 Å². The second kappa shape index (κ2) is 9.59. The Morgan fingerprint density at radius 2 is 1.72 bits per heavy atom. The van der Waals surface area contributed by atoms with Crippen LogP contribution in [-0.2, 0) is 0 Å². The van der Waals surface area contributed by atoms with Crippen molar-refractivity contribution in [2.24, 2.45) is 5.92 Å². The third kappa shape index (κ3) is 5.72. The molecule has 1 aromatic carbocycles. The summed E-state index contributed by atoms with van der Waals surface area (Å²) < 4.78 is 0. The van der Waals surface area contributed by atoms with Crippen LogP contribution in [0.3, 0.4) is 0 Å². The molecule has 6 nitrogen and oxygen atoms in total. The first-order valence-electron chi connectivity index (χ1n) is 9.61. The molecule has 2 heterocycles. The first-order valence-corrected chi connectivity index (χ1v) is 9.61. The lowest BCUT2D eigenvalue weighted by atomic mass is 10.1. The summed E-state index contributed by atoms with van der Waals surface area (Å²) in [6, 6.07) is 17.8. The fourth-order valence-corrected chi connectivity index (χ4v) is 2.68. The van der Waals surface area contributed by atoms with E-state index in [4.69, 9.17) is 0 Å². The van der Waals surface area contributed by atoms with Gasteiger partial charge in [-0.05, 0) is 48.7 Å². The summed E-state index contributed by atoms with van der Waals surface area (Å²) in [4.78, 5) is 33.2. The topological polar surface area (TPSA) is 84.0 Å². The van der Waals surface area contributed by atoms with Crippen molar-refractivity contribution >= 4 is 17.6 Å². The van der Waals surface area contributed by atoms with Gasteiger partial charge in [-0.2, -0.15) is 0 Å². The lowest BCUT2D eigenvalue weighted by Gasteiger charge is -2.08. The fourth-order valence-electron chi connectivity index (χ4n) is 2.68. The number of rotatable bonds is 7. The number of pyridine rings is 2. The predicted octanol–water partition coefficient (Wildman–Crippen LogP) is 4.17. The van der Waals surface area contributed by atoms with E-state index in [2.05, 4.69) is 34.4 Å². The Morgan fingerprint density at radius 3 is 2.41 bits per heavy atom. The van der Waals surface area contributed by atoms with Crippen LogP contribution in [0, 0.1) is 5.92 Å². The summed E-state index contributed by atoms with van der Waals surface area (Å²) in [5.41, 5.74) is 2.35. The van der Waals surface area contributed by atoms with E-state index < -0.39 is 0 Å². The molecule has 2 N–H and O–H groups in total. The van der Waals surface area contributed by atoms with E-state index in [1.54, 1.807) is 36.5 Å². The van der Waals surface area contributed by atoms with Gasteiger partial charge in [-0.15, -0.1) is 0 Å². The first-order chi connectivity index (χ1) is 14.0. The normalized spacial score (nSPS) is 10.6. The second-order valence-corrected chi connectivity index (χ2v) is 7.10. The molecule has 0 atom stereocenters. The number of amides is 2. The molecule has 0 aliphatic carbocycles. The maximum Gasteiger partial charge on any atom is 0.269 e. The van der Waals surface area contributed by atoms with Crippen LogP contribution in [0.1, 0.15) is 41.1 Å². The van der Waals surface area contributed by atoms with Crippen molar-refractivity contribution in [3.05, 3.63) is 78.1 Å². The number of carbonyl (C=O) groups excluding carboxylic acids is 2. The highest BCUT2D eigenvalue weighted by Crippen LogP contribution is 2.18. The minimum Gasteiger partial charge on any atom is -0.351 e. The third-order valence-corrected chi connectivity index (χ3v) is 4.33. The molecule has 2 amide bonds. The van der Waals surface area contributed by atoms with E-state index in [0.717, 1.165) is 12.0 Å². The Kier molecular flexibility index (Phi) is 6.68. The number of aromatic nitrogens is 2. The zero-order valence-corrected chi connectivity index (χ0v) is 16.6. The number of carbonyl (C=O) groups is 2. The summed E-state index contributed by atoms with van der Waals surface area (Å²) >= 11 is 0. The van der Waals surface area contributed by atoms with Gasteiger partial charge in [0.1, 0.15) is 11.5 Å². The lowest BCUT2D eigenvalue weighted by molar-refractivity contribution is 0.0946. The highest BCUT2D eigenvalue weighted by Gasteiger charge is 2.10. The molecule has 2 aromatic heterocycles. The minimum atomic E-state index is -0.218. The van der Waals surface area contributed by atoms with Crippen LogP contribution >= 0.6 is 0 Å². The Balaban J connectivity index is 1.67. The molecule has 0 bridgehead atoms. The quantitative estimate of drug-likeness (QED) is 0.636. The van der Waals surface area contributed by atoms with Crippen molar-refractivity contribution in [2.45, 2.75) is 20.3 Å². The zero-order valence-electron chi connectivity index (χ0n) is 16.6. The molecule has 0 unspecified atom stereocenters. The van der Waals surface area contributed by atoms with Gasteiger partial charge in [-0.3, -0.25) is 9.59 Å². The van der Waals surface area contributed by atoms with Crippen LogP contribution in [0.15, 0.2) is 66.9 Å². The van der Waals surface area contributed by atoms with Crippen LogP contribution in [0.4, 0.5) is 5.82 Å². The largest absolute Gasteiger partial charge is 0.351 e. The highest BCUT2D eigenvalue weighted by atomic mass is 16.2. The minimum absolute atomic E-state index is 0.188. The molecule has 0 fully saturated rings. The van der Waals surface area contributed by atoms with E-state index in [1.165, 1.54) is 0 Å². The van der Waals surface area contributed by atoms with Crippen molar-refractivity contribution < 1.29 is 9.59 Å². The van der Waals surface area contributed by atoms with Gasteiger partial charge in [0.2, 0.25) is 0 Å². The number of hydrogen-bond donors (Lipinski definition) is 2. The predicted molar refractivity (Wildman–Crippen MR) is 114 cm³/mol. The molecule has 0 saturated heterocycles. The van der Waals surface area contributed by atoms with Gasteiger partial charge in [0.15, 0.2) is 0 Å². The molecule has 0 radical (unpaired) electrons. The monoisotopic (exact) mass is 388 g/mol. The van der Waals surface area contributed by atoms with E-state index in [-0.39, 0.29) is 11.8 Å². The number of nitrogens with zero attached hydrogens (tertiary/aromatic N) is 2. The lowest BCUT2D eigenvalue weighted by Crippen LogP contribution is -2.26. The van der Waals surface area contributed by atoms with Crippen molar-refractivity contribution in [3.63, 3.8) is 0 Å². The molecular weight excluding hydrogens is 364 g/mol. The van der Waals surface area contributed by atoms with Gasteiger partial charge in [-0.1, -0.05) is 38.1 Å². The smallest absolute Gasteiger partial charge is 0.269 e. The molecule has 0 saturated carbocycles. The van der Waals surface area contributed by atoms with Crippen LogP contribution in [0.2, 0.25) is 0 Å². The fraction of sp³-hybridized carbons (Fsp3) is 0.217. The molecule has 0 aliphatic rings. The number of anilines is 1. The van der Waals surface area contributed by atoms with Crippen LogP contribution < -0.4 is 10.6 Å². The van der Waals surface area contributed by atoms with Crippen molar-refractivity contribution in [2.75, 3.05) is 11.9 Å². The molecule has 148 valence electrons. The summed E-state index contributed by atoms with van der Waals surface area (Å²) in [5, 5.41) is 5.65. The average Bonchev–Trinajstić information content (AvgIpc) is 2.74. The molecule has 3 rings (SSSR count). The van der Waals surface area contributed by atoms with Crippen LogP contribution in [-0.4, -0.2) is 28.3 Å². The van der Waals surface area contributed by atoms with Crippen molar-refractivity contribution in [1.29, 1.82) is 0 Å². The summed E-state index contributed by atoms with van der Waals surface area (Å²) in [5.74, 6) is 0.572. The van der Waals surface area contributed by atoms with E-state index >= 15 is 0 Å². The standard InChI is InChI=1S/C23H24N4O2/c1-16(2)13-14-24-23(29)20-10-6-9-19(26-20)18-11-12-21(25-15-18)27-22(28)17-7-4-3-5-8-17/h3-12,15-16H,13-14H2,1-2H3,(H,24,29)(H,25,27,28). The highest BCUT2D eigenvalue weighted by molar-refractivity contribution is 6.03. The summed E-state index contributed by atoms with van der Waals surface area (Å²) in [6.07, 6.45) is 2.55. The zero-order chi connectivity index (χ0) is 20.6. The van der Waals surface area contributed by atoms with Gasteiger partial charge >= 0.3 is 0 Å². The number of hydrogen-bond acceptors (Lipinski definition) is 4. The maximum atomic E-state index is 12.3. The van der Waals surface area contributed by atoms with E-state index in [0.29, 0.717) is 35.2 Å². The molecular formula is C23H24N4O2. The van der Waals surface area contributed by atoms with Gasteiger partial charge in [-0.25, -0.2) is 9.97 Å². The van der Waals surface area contributed by atoms with Crippen LogP contribution in [0.5, 0.6) is 0 Å². The Hall–Kier alpha value is -3.54. The Bertz CT molecular complexity index is 970. The molecule has 29 heavy (non-hydrogen) atoms. The van der Waals surface area contributed by atoms with Crippen LogP contribution in [0.25, 0.3) is 11.3 Å². The number of benzene rings is 1.